The molecule has 0 atom stereocenters. The molecule has 25 heavy (non-hydrogen) atoms. The van der Waals surface area contributed by atoms with Crippen molar-refractivity contribution in [3.05, 3.63) is 36.4 Å². The van der Waals surface area contributed by atoms with Crippen molar-refractivity contribution in [1.29, 1.82) is 0 Å². The highest BCUT2D eigenvalue weighted by Crippen LogP contribution is 2.14. The number of benzene rings is 1. The second-order valence-corrected chi connectivity index (χ2v) is 5.86. The maximum absolute atomic E-state index is 5.23. The lowest BCUT2D eigenvalue weighted by atomic mass is 10.2. The minimum Gasteiger partial charge on any atom is -0.364 e. The van der Waals surface area contributed by atoms with Crippen molar-refractivity contribution in [2.24, 2.45) is 10.2 Å². The number of pyridine rings is 1. The molecule has 4 N–H and O–H groups in total. The highest BCUT2D eigenvalue weighted by Gasteiger charge is 2.02. The Morgan fingerprint density at radius 3 is 2.24 bits per heavy atom. The van der Waals surface area contributed by atoms with Gasteiger partial charge in [-0.15, -0.1) is 0 Å². The Kier molecular flexibility index (Phi) is 6.72. The quantitative estimate of drug-likeness (QED) is 0.372. The molecule has 0 amide bonds. The van der Waals surface area contributed by atoms with Gasteiger partial charge in [-0.25, -0.2) is 4.98 Å². The third-order valence-corrected chi connectivity index (χ3v) is 3.73. The standard InChI is InChI=1S/C16H19N7S2/c1-10(20-22-15(24)17-3)11(2)21-23-16(25)19-14-9-8-12-6-4-5-7-13(12)18-14/h4-9H,1-3H3,(H2,17,22,24)(H2,18,19,23,25). The van der Waals surface area contributed by atoms with E-state index in [0.29, 0.717) is 27.5 Å². The molecule has 130 valence electrons. The molecule has 0 aliphatic rings. The van der Waals surface area contributed by atoms with Gasteiger partial charge in [0.2, 0.25) is 0 Å². The molecule has 0 aliphatic carbocycles. The highest BCUT2D eigenvalue weighted by atomic mass is 32.1. The zero-order valence-corrected chi connectivity index (χ0v) is 15.8. The summed E-state index contributed by atoms with van der Waals surface area (Å²) in [5.41, 5.74) is 7.71. The van der Waals surface area contributed by atoms with Crippen LogP contribution in [0.3, 0.4) is 0 Å². The van der Waals surface area contributed by atoms with Gasteiger partial charge in [0.1, 0.15) is 5.82 Å². The van der Waals surface area contributed by atoms with E-state index in [1.54, 1.807) is 7.05 Å². The second kappa shape index (κ2) is 9.00. The number of hydrazone groups is 2. The van der Waals surface area contributed by atoms with Crippen LogP contribution in [0, 0.1) is 0 Å². The Labute approximate surface area is 157 Å². The summed E-state index contributed by atoms with van der Waals surface area (Å²) in [5, 5.41) is 15.9. The number of nitrogens with one attached hydrogen (secondary N) is 4. The van der Waals surface area contributed by atoms with Gasteiger partial charge in [0.15, 0.2) is 10.2 Å². The smallest absolute Gasteiger partial charge is 0.192 e. The first kappa shape index (κ1) is 18.7. The Balaban J connectivity index is 1.95. The number of anilines is 1. The third-order valence-electron chi connectivity index (χ3n) is 3.24. The number of nitrogens with zero attached hydrogens (tertiary/aromatic N) is 3. The van der Waals surface area contributed by atoms with E-state index in [1.807, 2.05) is 50.2 Å². The van der Waals surface area contributed by atoms with Crippen LogP contribution < -0.4 is 21.5 Å². The molecule has 1 heterocycles. The number of para-hydroxylation sites is 1. The normalized spacial score (nSPS) is 11.8. The molecule has 2 rings (SSSR count). The number of rotatable bonds is 4. The summed E-state index contributed by atoms with van der Waals surface area (Å²) in [6, 6.07) is 11.7. The first-order valence-corrected chi connectivity index (χ1v) is 8.30. The second-order valence-electron chi connectivity index (χ2n) is 5.04. The number of fused-ring (bicyclic) bond motifs is 1. The van der Waals surface area contributed by atoms with Crippen LogP contribution in [0.25, 0.3) is 10.9 Å². The van der Waals surface area contributed by atoms with Gasteiger partial charge in [0.25, 0.3) is 0 Å². The molecule has 0 bridgehead atoms. The van der Waals surface area contributed by atoms with Crippen molar-refractivity contribution in [2.45, 2.75) is 13.8 Å². The van der Waals surface area contributed by atoms with Crippen LogP contribution in [0.2, 0.25) is 0 Å². The van der Waals surface area contributed by atoms with Gasteiger partial charge < -0.3 is 10.6 Å². The summed E-state index contributed by atoms with van der Waals surface area (Å²) in [5.74, 6) is 0.649. The Hall–Kier alpha value is -2.65. The summed E-state index contributed by atoms with van der Waals surface area (Å²) < 4.78 is 0. The van der Waals surface area contributed by atoms with Gasteiger partial charge in [-0.05, 0) is 56.5 Å². The number of thiocarbonyl (C=S) groups is 2. The molecule has 1 aromatic heterocycles. The third kappa shape index (κ3) is 5.73. The summed E-state index contributed by atoms with van der Waals surface area (Å²) in [7, 11) is 1.72. The Morgan fingerprint density at radius 2 is 1.56 bits per heavy atom. The van der Waals surface area contributed by atoms with Crippen molar-refractivity contribution in [3.63, 3.8) is 0 Å². The fourth-order valence-electron chi connectivity index (χ4n) is 1.77. The van der Waals surface area contributed by atoms with E-state index >= 15 is 0 Å². The molecule has 0 saturated heterocycles. The Morgan fingerprint density at radius 1 is 0.920 bits per heavy atom. The van der Waals surface area contributed by atoms with Gasteiger partial charge in [0.05, 0.1) is 16.9 Å². The molecular weight excluding hydrogens is 354 g/mol. The van der Waals surface area contributed by atoms with E-state index in [4.69, 9.17) is 24.4 Å². The fourth-order valence-corrected chi connectivity index (χ4v) is 1.96. The summed E-state index contributed by atoms with van der Waals surface area (Å²) in [6.45, 7) is 3.62. The van der Waals surface area contributed by atoms with Crippen LogP contribution in [-0.2, 0) is 0 Å². The predicted molar refractivity (Wildman–Crippen MR) is 112 cm³/mol. The molecule has 1 aromatic carbocycles. The minimum absolute atomic E-state index is 0.341. The fraction of sp³-hybridized carbons (Fsp3) is 0.188. The van der Waals surface area contributed by atoms with Crippen molar-refractivity contribution in [3.8, 4) is 0 Å². The van der Waals surface area contributed by atoms with Crippen LogP contribution in [0.1, 0.15) is 13.8 Å². The molecule has 9 heteroatoms. The molecule has 2 aromatic rings. The van der Waals surface area contributed by atoms with Gasteiger partial charge in [-0.1, -0.05) is 18.2 Å². The first-order chi connectivity index (χ1) is 12.0. The van der Waals surface area contributed by atoms with Crippen LogP contribution in [0.5, 0.6) is 0 Å². The maximum atomic E-state index is 5.23. The summed E-state index contributed by atoms with van der Waals surface area (Å²) in [6.07, 6.45) is 0. The monoisotopic (exact) mass is 373 g/mol. The van der Waals surface area contributed by atoms with Crippen LogP contribution in [0.4, 0.5) is 5.82 Å². The predicted octanol–water partition coefficient (Wildman–Crippen LogP) is 2.37. The lowest BCUT2D eigenvalue weighted by molar-refractivity contribution is 0.974. The molecule has 0 saturated carbocycles. The zero-order chi connectivity index (χ0) is 18.2. The summed E-state index contributed by atoms with van der Waals surface area (Å²) >= 11 is 10.2. The largest absolute Gasteiger partial charge is 0.364 e. The van der Waals surface area contributed by atoms with E-state index in [2.05, 4.69) is 36.7 Å². The van der Waals surface area contributed by atoms with Crippen LogP contribution in [0.15, 0.2) is 46.6 Å². The van der Waals surface area contributed by atoms with Crippen LogP contribution >= 0.6 is 24.4 Å². The molecule has 7 nitrogen and oxygen atoms in total. The molecule has 0 fully saturated rings. The summed E-state index contributed by atoms with van der Waals surface area (Å²) in [4.78, 5) is 4.49. The van der Waals surface area contributed by atoms with E-state index in [9.17, 15) is 0 Å². The van der Waals surface area contributed by atoms with E-state index in [0.717, 1.165) is 10.9 Å². The van der Waals surface area contributed by atoms with E-state index < -0.39 is 0 Å². The molecular formula is C16H19N7S2. The maximum Gasteiger partial charge on any atom is 0.192 e. The topological polar surface area (TPSA) is 85.7 Å². The molecule has 0 aliphatic heterocycles. The van der Waals surface area contributed by atoms with Crippen LogP contribution in [-0.4, -0.2) is 33.7 Å². The number of aromatic nitrogens is 1. The minimum atomic E-state index is 0.341. The SMILES string of the molecule is CNC(=S)NN=C(C)C(C)=NNC(=S)Nc1ccc2ccccc2n1. The number of hydrogen-bond acceptors (Lipinski definition) is 5. The zero-order valence-electron chi connectivity index (χ0n) is 14.1. The Bertz CT molecular complexity index is 845. The van der Waals surface area contributed by atoms with Gasteiger partial charge in [-0.2, -0.15) is 10.2 Å². The average molecular weight is 374 g/mol. The van der Waals surface area contributed by atoms with Gasteiger partial charge in [-0.3, -0.25) is 10.9 Å². The van der Waals surface area contributed by atoms with Crippen molar-refractivity contribution >= 4 is 62.8 Å². The lowest BCUT2D eigenvalue weighted by Crippen LogP contribution is -2.30. The number of hydrogen-bond donors (Lipinski definition) is 4. The average Bonchev–Trinajstić information content (AvgIpc) is 2.63. The first-order valence-electron chi connectivity index (χ1n) is 7.49. The highest BCUT2D eigenvalue weighted by molar-refractivity contribution is 7.80. The molecule has 0 radical (unpaired) electrons. The van der Waals surface area contributed by atoms with Crippen molar-refractivity contribution < 1.29 is 0 Å². The van der Waals surface area contributed by atoms with Crippen molar-refractivity contribution in [2.75, 3.05) is 12.4 Å². The van der Waals surface area contributed by atoms with Crippen molar-refractivity contribution in [1.82, 2.24) is 21.2 Å². The lowest BCUT2D eigenvalue weighted by Gasteiger charge is -2.08. The molecule has 0 spiro atoms. The molecule has 0 unspecified atom stereocenters. The van der Waals surface area contributed by atoms with Gasteiger partial charge in [0, 0.05) is 12.4 Å². The van der Waals surface area contributed by atoms with E-state index in [1.165, 1.54) is 0 Å². The van der Waals surface area contributed by atoms with E-state index in [-0.39, 0.29) is 0 Å². The van der Waals surface area contributed by atoms with Gasteiger partial charge >= 0.3 is 0 Å².